The van der Waals surface area contributed by atoms with Gasteiger partial charge in [0.05, 0.1) is 6.61 Å². The van der Waals surface area contributed by atoms with Crippen LogP contribution >= 0.6 is 0 Å². The number of esters is 2. The lowest BCUT2D eigenvalue weighted by atomic mass is 10.1. The molecule has 0 fully saturated rings. The Bertz CT molecular complexity index is 1300. The highest BCUT2D eigenvalue weighted by molar-refractivity contribution is 5.70. The molecule has 0 aliphatic rings. The third-order valence-corrected chi connectivity index (χ3v) is 9.41. The number of allylic oxidation sites excluding steroid dienone is 22. The number of hydrogen-bond donors (Lipinski definition) is 1. The van der Waals surface area contributed by atoms with Crippen LogP contribution in [0.1, 0.15) is 181 Å². The maximum atomic E-state index is 12.2. The first-order chi connectivity index (χ1) is 29.6. The highest BCUT2D eigenvalue weighted by Crippen LogP contribution is 2.11. The molecular formula is C55H86O5. The Morgan fingerprint density at radius 1 is 0.400 bits per heavy atom. The molecule has 0 saturated carbocycles. The van der Waals surface area contributed by atoms with E-state index in [0.717, 1.165) is 141 Å². The summed E-state index contributed by atoms with van der Waals surface area (Å²) in [5.41, 5.74) is 0. The minimum atomic E-state index is -0.797. The van der Waals surface area contributed by atoms with Gasteiger partial charge in [0.25, 0.3) is 0 Å². The molecule has 0 radical (unpaired) electrons. The molecule has 0 aromatic heterocycles. The van der Waals surface area contributed by atoms with Gasteiger partial charge >= 0.3 is 11.9 Å². The number of hydrogen-bond acceptors (Lipinski definition) is 5. The van der Waals surface area contributed by atoms with Gasteiger partial charge in [-0.05, 0) is 109 Å². The molecule has 0 aromatic rings. The van der Waals surface area contributed by atoms with E-state index < -0.39 is 6.10 Å². The van der Waals surface area contributed by atoms with E-state index in [-0.39, 0.29) is 25.2 Å². The molecule has 0 bridgehead atoms. The van der Waals surface area contributed by atoms with Crippen LogP contribution < -0.4 is 0 Å². The monoisotopic (exact) mass is 827 g/mol. The predicted molar refractivity (Wildman–Crippen MR) is 260 cm³/mol. The van der Waals surface area contributed by atoms with E-state index in [4.69, 9.17) is 9.47 Å². The topological polar surface area (TPSA) is 72.8 Å². The first-order valence-electron chi connectivity index (χ1n) is 23.7. The average Bonchev–Trinajstić information content (AvgIpc) is 3.25. The van der Waals surface area contributed by atoms with Gasteiger partial charge in [-0.25, -0.2) is 0 Å². The largest absolute Gasteiger partial charge is 0.462 e. The highest BCUT2D eigenvalue weighted by Gasteiger charge is 2.16. The van der Waals surface area contributed by atoms with Crippen LogP contribution in [0.25, 0.3) is 0 Å². The number of aliphatic hydroxyl groups is 1. The number of aliphatic hydroxyl groups excluding tert-OH is 1. The van der Waals surface area contributed by atoms with Crippen LogP contribution in [0.15, 0.2) is 134 Å². The number of unbranched alkanes of at least 4 members (excludes halogenated alkanes) is 11. The van der Waals surface area contributed by atoms with Crippen molar-refractivity contribution in [3.05, 3.63) is 134 Å². The van der Waals surface area contributed by atoms with Gasteiger partial charge in [0, 0.05) is 12.8 Å². The van der Waals surface area contributed by atoms with Crippen molar-refractivity contribution in [1.29, 1.82) is 0 Å². The highest BCUT2D eigenvalue weighted by atomic mass is 16.6. The zero-order chi connectivity index (χ0) is 43.5. The summed E-state index contributed by atoms with van der Waals surface area (Å²) in [6.07, 6.45) is 73.9. The first-order valence-corrected chi connectivity index (χ1v) is 23.7. The third-order valence-electron chi connectivity index (χ3n) is 9.41. The minimum absolute atomic E-state index is 0.0902. The smallest absolute Gasteiger partial charge is 0.306 e. The molecule has 0 spiro atoms. The summed E-state index contributed by atoms with van der Waals surface area (Å²) >= 11 is 0. The van der Waals surface area contributed by atoms with Crippen molar-refractivity contribution < 1.29 is 24.2 Å². The second-order valence-electron chi connectivity index (χ2n) is 15.1. The Labute approximate surface area is 368 Å². The summed E-state index contributed by atoms with van der Waals surface area (Å²) in [5, 5.41) is 9.58. The first kappa shape index (κ1) is 56.0. The average molecular weight is 827 g/mol. The van der Waals surface area contributed by atoms with Crippen molar-refractivity contribution in [2.24, 2.45) is 0 Å². The summed E-state index contributed by atoms with van der Waals surface area (Å²) in [7, 11) is 0. The van der Waals surface area contributed by atoms with Gasteiger partial charge in [-0.2, -0.15) is 0 Å². The number of ether oxygens (including phenoxy) is 2. The van der Waals surface area contributed by atoms with Crippen LogP contribution in [0.4, 0.5) is 0 Å². The van der Waals surface area contributed by atoms with E-state index in [2.05, 4.69) is 148 Å². The van der Waals surface area contributed by atoms with E-state index in [1.54, 1.807) is 0 Å². The second-order valence-corrected chi connectivity index (χ2v) is 15.1. The summed E-state index contributed by atoms with van der Waals surface area (Å²) in [6, 6.07) is 0. The van der Waals surface area contributed by atoms with Crippen molar-refractivity contribution >= 4 is 11.9 Å². The van der Waals surface area contributed by atoms with Crippen molar-refractivity contribution in [1.82, 2.24) is 0 Å². The van der Waals surface area contributed by atoms with Crippen LogP contribution in [0.2, 0.25) is 0 Å². The zero-order valence-corrected chi connectivity index (χ0v) is 38.2. The number of carbonyl (C=O) groups excluding carboxylic acids is 2. The summed E-state index contributed by atoms with van der Waals surface area (Å²) in [4.78, 5) is 24.3. The molecule has 0 rings (SSSR count). The van der Waals surface area contributed by atoms with Crippen LogP contribution in [0, 0.1) is 0 Å². The molecule has 0 aliphatic carbocycles. The summed E-state index contributed by atoms with van der Waals surface area (Å²) in [6.45, 7) is 3.91. The molecule has 0 aliphatic heterocycles. The fraction of sp³-hybridized carbons (Fsp3) is 0.564. The van der Waals surface area contributed by atoms with Crippen LogP contribution in [0.3, 0.4) is 0 Å². The van der Waals surface area contributed by atoms with Gasteiger partial charge in [0.15, 0.2) is 6.10 Å². The molecule has 0 heterocycles. The molecule has 5 heteroatoms. The van der Waals surface area contributed by atoms with E-state index in [0.29, 0.717) is 12.8 Å². The van der Waals surface area contributed by atoms with Crippen LogP contribution in [-0.2, 0) is 19.1 Å². The van der Waals surface area contributed by atoms with Gasteiger partial charge in [-0.15, -0.1) is 0 Å². The van der Waals surface area contributed by atoms with Gasteiger partial charge < -0.3 is 14.6 Å². The standard InChI is InChI=1S/C55H86O5/c1-3-5-7-9-11-13-15-17-18-19-20-21-22-23-24-25-26-27-28-29-30-31-32-33-34-35-36-38-40-42-44-46-48-50-55(58)60-53(51-56)52-59-54(57)49-47-45-43-41-39-37-16-14-12-10-8-6-4-2/h5,7-8,10-11,13-14,16-18,20-21,23-24,26-27,29-30,32-33,35-36,53,56H,3-4,6,9,12,15,19,22,25,28,31,34,37-52H2,1-2H3/b7-5-,10-8-,13-11-,16-14-,18-17-,21-20-,24-23-,27-26-,30-29-,33-32-,36-35-. The summed E-state index contributed by atoms with van der Waals surface area (Å²) in [5.74, 6) is -0.643. The molecule has 0 amide bonds. The van der Waals surface area contributed by atoms with Gasteiger partial charge in [0.1, 0.15) is 6.61 Å². The molecule has 5 nitrogen and oxygen atoms in total. The fourth-order valence-electron chi connectivity index (χ4n) is 5.88. The van der Waals surface area contributed by atoms with Crippen molar-refractivity contribution in [3.63, 3.8) is 0 Å². The van der Waals surface area contributed by atoms with E-state index in [1.165, 1.54) is 12.8 Å². The lowest BCUT2D eigenvalue weighted by Crippen LogP contribution is -2.28. The van der Waals surface area contributed by atoms with Crippen LogP contribution in [-0.4, -0.2) is 36.4 Å². The fourth-order valence-corrected chi connectivity index (χ4v) is 5.88. The molecule has 0 aromatic carbocycles. The van der Waals surface area contributed by atoms with Crippen molar-refractivity contribution in [2.75, 3.05) is 13.2 Å². The second kappa shape index (κ2) is 49.4. The maximum absolute atomic E-state index is 12.2. The molecule has 1 unspecified atom stereocenters. The molecule has 1 atom stereocenters. The number of rotatable bonds is 41. The molecule has 1 N–H and O–H groups in total. The Hall–Kier alpha value is -3.96. The minimum Gasteiger partial charge on any atom is -0.462 e. The van der Waals surface area contributed by atoms with Gasteiger partial charge in [-0.1, -0.05) is 192 Å². The van der Waals surface area contributed by atoms with Crippen molar-refractivity contribution in [2.45, 2.75) is 187 Å². The normalized spacial score (nSPS) is 13.4. The lowest BCUT2D eigenvalue weighted by Gasteiger charge is -2.15. The Morgan fingerprint density at radius 2 is 0.717 bits per heavy atom. The van der Waals surface area contributed by atoms with Crippen LogP contribution in [0.5, 0.6) is 0 Å². The molecular weight excluding hydrogens is 741 g/mol. The van der Waals surface area contributed by atoms with E-state index in [1.807, 2.05) is 0 Å². The van der Waals surface area contributed by atoms with Gasteiger partial charge in [-0.3, -0.25) is 9.59 Å². The number of carbonyl (C=O) groups is 2. The zero-order valence-electron chi connectivity index (χ0n) is 38.2. The maximum Gasteiger partial charge on any atom is 0.306 e. The van der Waals surface area contributed by atoms with Crippen molar-refractivity contribution in [3.8, 4) is 0 Å². The predicted octanol–water partition coefficient (Wildman–Crippen LogP) is 15.7. The molecule has 336 valence electrons. The van der Waals surface area contributed by atoms with E-state index in [9.17, 15) is 14.7 Å². The Balaban J connectivity index is 3.68. The Morgan fingerprint density at radius 3 is 1.08 bits per heavy atom. The molecule has 0 saturated heterocycles. The molecule has 60 heavy (non-hydrogen) atoms. The quantitative estimate of drug-likeness (QED) is 0.0378. The third kappa shape index (κ3) is 46.7. The van der Waals surface area contributed by atoms with E-state index >= 15 is 0 Å². The summed E-state index contributed by atoms with van der Waals surface area (Å²) < 4.78 is 10.6. The lowest BCUT2D eigenvalue weighted by molar-refractivity contribution is -0.161. The Kier molecular flexibility index (Phi) is 46.1. The SMILES string of the molecule is CC/C=C\C/C=C\C/C=C\C/C=C\C/C=C\C/C=C\C/C=C\C/C=C\C/C=C\CCCCCCCC(=O)OC(CO)COC(=O)CCCCCCC/C=C\C/C=C\CCC. The van der Waals surface area contributed by atoms with Gasteiger partial charge in [0.2, 0.25) is 0 Å².